The molecule has 2 amide bonds. The lowest BCUT2D eigenvalue weighted by atomic mass is 10.2. The zero-order chi connectivity index (χ0) is 16.4. The van der Waals surface area contributed by atoms with E-state index in [4.69, 9.17) is 5.11 Å². The Hall–Kier alpha value is -1.99. The smallest absolute Gasteiger partial charge is 0.269 e. The van der Waals surface area contributed by atoms with Crippen molar-refractivity contribution in [3.8, 4) is 0 Å². The maximum atomic E-state index is 12.0. The largest absolute Gasteiger partial charge is 0.396 e. The summed E-state index contributed by atoms with van der Waals surface area (Å²) in [6.07, 6.45) is 1.33. The minimum absolute atomic E-state index is 0.0170. The molecular formula is C15H24N4O3. The highest BCUT2D eigenvalue weighted by atomic mass is 16.3. The monoisotopic (exact) mass is 308 g/mol. The van der Waals surface area contributed by atoms with Crippen LogP contribution in [0.4, 0.5) is 0 Å². The molecule has 1 aromatic heterocycles. The summed E-state index contributed by atoms with van der Waals surface area (Å²) < 4.78 is 0. The Balaban J connectivity index is 2.52. The fourth-order valence-corrected chi connectivity index (χ4v) is 1.75. The molecule has 0 aliphatic heterocycles. The van der Waals surface area contributed by atoms with E-state index in [1.165, 1.54) is 0 Å². The van der Waals surface area contributed by atoms with Crippen molar-refractivity contribution in [3.63, 3.8) is 0 Å². The van der Waals surface area contributed by atoms with Crippen LogP contribution >= 0.6 is 0 Å². The zero-order valence-electron chi connectivity index (χ0n) is 13.1. The summed E-state index contributed by atoms with van der Waals surface area (Å²) in [6.45, 7) is 1.84. The van der Waals surface area contributed by atoms with Gasteiger partial charge in [-0.05, 0) is 45.6 Å². The highest BCUT2D eigenvalue weighted by Crippen LogP contribution is 2.00. The number of hydrogen-bond acceptors (Lipinski definition) is 5. The van der Waals surface area contributed by atoms with E-state index < -0.39 is 0 Å². The van der Waals surface area contributed by atoms with Crippen molar-refractivity contribution in [2.24, 2.45) is 0 Å². The first-order valence-electron chi connectivity index (χ1n) is 7.33. The normalized spacial score (nSPS) is 10.5. The molecule has 0 bridgehead atoms. The standard InChI is InChI=1S/C15H24N4O3/c1-19(2)10-4-8-16-14(21)12-6-3-7-13(18-12)15(22)17-9-5-11-20/h3,6-7,20H,4-5,8-11H2,1-2H3,(H,16,21)(H,17,22). The van der Waals surface area contributed by atoms with E-state index in [1.807, 2.05) is 19.0 Å². The maximum Gasteiger partial charge on any atom is 0.269 e. The molecular weight excluding hydrogens is 284 g/mol. The molecule has 22 heavy (non-hydrogen) atoms. The van der Waals surface area contributed by atoms with Gasteiger partial charge < -0.3 is 20.6 Å². The fourth-order valence-electron chi connectivity index (χ4n) is 1.75. The van der Waals surface area contributed by atoms with Crippen LogP contribution in [0.5, 0.6) is 0 Å². The van der Waals surface area contributed by atoms with Crippen molar-refractivity contribution in [1.82, 2.24) is 20.5 Å². The van der Waals surface area contributed by atoms with Gasteiger partial charge in [0.1, 0.15) is 11.4 Å². The molecule has 0 atom stereocenters. The van der Waals surface area contributed by atoms with Gasteiger partial charge in [-0.1, -0.05) is 6.07 Å². The van der Waals surface area contributed by atoms with E-state index in [0.717, 1.165) is 13.0 Å². The summed E-state index contributed by atoms with van der Waals surface area (Å²) in [4.78, 5) is 29.9. The summed E-state index contributed by atoms with van der Waals surface area (Å²) in [5, 5.41) is 14.1. The minimum atomic E-state index is -0.351. The lowest BCUT2D eigenvalue weighted by Crippen LogP contribution is -2.29. The second kappa shape index (κ2) is 9.86. The Morgan fingerprint density at radius 3 is 2.14 bits per heavy atom. The Bertz CT molecular complexity index is 491. The predicted octanol–water partition coefficient (Wildman–Crippen LogP) is -0.125. The number of aliphatic hydroxyl groups excluding tert-OH is 1. The third-order valence-corrected chi connectivity index (χ3v) is 2.90. The molecule has 0 unspecified atom stereocenters. The molecule has 0 aromatic carbocycles. The van der Waals surface area contributed by atoms with E-state index in [0.29, 0.717) is 19.5 Å². The first kappa shape index (κ1) is 18.1. The number of aliphatic hydroxyl groups is 1. The van der Waals surface area contributed by atoms with E-state index in [2.05, 4.69) is 15.6 Å². The van der Waals surface area contributed by atoms with Crippen LogP contribution in [0.2, 0.25) is 0 Å². The van der Waals surface area contributed by atoms with Crippen LogP contribution in [0.3, 0.4) is 0 Å². The van der Waals surface area contributed by atoms with Crippen LogP contribution in [0.1, 0.15) is 33.8 Å². The number of carbonyl (C=O) groups excluding carboxylic acids is 2. The third kappa shape index (κ3) is 6.64. The average Bonchev–Trinajstić information content (AvgIpc) is 2.51. The second-order valence-corrected chi connectivity index (χ2v) is 5.15. The molecule has 7 nitrogen and oxygen atoms in total. The topological polar surface area (TPSA) is 94.6 Å². The molecule has 0 fully saturated rings. The Kier molecular flexibility index (Phi) is 8.09. The van der Waals surface area contributed by atoms with Crippen LogP contribution in [0.25, 0.3) is 0 Å². The summed E-state index contributed by atoms with van der Waals surface area (Å²) in [5.41, 5.74) is 0.415. The number of aromatic nitrogens is 1. The second-order valence-electron chi connectivity index (χ2n) is 5.15. The number of carbonyl (C=O) groups is 2. The molecule has 0 aliphatic carbocycles. The van der Waals surface area contributed by atoms with Gasteiger partial charge in [0.05, 0.1) is 0 Å². The quantitative estimate of drug-likeness (QED) is 0.553. The molecule has 3 N–H and O–H groups in total. The summed E-state index contributed by atoms with van der Waals surface area (Å²) in [5.74, 6) is -0.639. The molecule has 0 saturated carbocycles. The van der Waals surface area contributed by atoms with Gasteiger partial charge in [0.2, 0.25) is 0 Å². The van der Waals surface area contributed by atoms with Crippen LogP contribution in [-0.4, -0.2) is 67.1 Å². The number of amides is 2. The Morgan fingerprint density at radius 1 is 1.09 bits per heavy atom. The number of pyridine rings is 1. The first-order chi connectivity index (χ1) is 10.5. The third-order valence-electron chi connectivity index (χ3n) is 2.90. The highest BCUT2D eigenvalue weighted by Gasteiger charge is 2.11. The number of nitrogens with zero attached hydrogens (tertiary/aromatic N) is 2. The van der Waals surface area contributed by atoms with Crippen LogP contribution < -0.4 is 10.6 Å². The zero-order valence-corrected chi connectivity index (χ0v) is 13.1. The number of hydrogen-bond donors (Lipinski definition) is 3. The first-order valence-corrected chi connectivity index (χ1v) is 7.33. The molecule has 1 aromatic rings. The van der Waals surface area contributed by atoms with Crippen LogP contribution in [-0.2, 0) is 0 Å². The maximum absolute atomic E-state index is 12.0. The number of rotatable bonds is 9. The van der Waals surface area contributed by atoms with Crippen molar-refractivity contribution in [2.45, 2.75) is 12.8 Å². The van der Waals surface area contributed by atoms with Crippen molar-refractivity contribution in [3.05, 3.63) is 29.6 Å². The molecule has 1 rings (SSSR count). The summed E-state index contributed by atoms with van der Waals surface area (Å²) in [6, 6.07) is 4.76. The van der Waals surface area contributed by atoms with Gasteiger partial charge in [0.15, 0.2) is 0 Å². The van der Waals surface area contributed by atoms with Gasteiger partial charge in [-0.25, -0.2) is 4.98 Å². The molecule has 122 valence electrons. The average molecular weight is 308 g/mol. The van der Waals surface area contributed by atoms with E-state index in [-0.39, 0.29) is 29.8 Å². The van der Waals surface area contributed by atoms with E-state index in [9.17, 15) is 9.59 Å². The van der Waals surface area contributed by atoms with Gasteiger partial charge in [0.25, 0.3) is 11.8 Å². The van der Waals surface area contributed by atoms with Gasteiger partial charge >= 0.3 is 0 Å². The molecule has 0 saturated heterocycles. The molecule has 0 aliphatic rings. The van der Waals surface area contributed by atoms with Gasteiger partial charge in [-0.15, -0.1) is 0 Å². The minimum Gasteiger partial charge on any atom is -0.396 e. The lowest BCUT2D eigenvalue weighted by Gasteiger charge is -2.10. The van der Waals surface area contributed by atoms with Gasteiger partial charge in [0, 0.05) is 19.7 Å². The SMILES string of the molecule is CN(C)CCCNC(=O)c1cccc(C(=O)NCCCO)n1. The molecule has 1 heterocycles. The van der Waals surface area contributed by atoms with Crippen LogP contribution in [0.15, 0.2) is 18.2 Å². The van der Waals surface area contributed by atoms with Gasteiger partial charge in [-0.3, -0.25) is 9.59 Å². The highest BCUT2D eigenvalue weighted by molar-refractivity contribution is 5.96. The van der Waals surface area contributed by atoms with Crippen molar-refractivity contribution < 1.29 is 14.7 Å². The molecule has 0 spiro atoms. The summed E-state index contributed by atoms with van der Waals surface area (Å²) >= 11 is 0. The Morgan fingerprint density at radius 2 is 1.64 bits per heavy atom. The Labute approximate surface area is 130 Å². The van der Waals surface area contributed by atoms with Crippen molar-refractivity contribution in [2.75, 3.05) is 40.3 Å². The molecule has 7 heteroatoms. The lowest BCUT2D eigenvalue weighted by molar-refractivity contribution is 0.0942. The van der Waals surface area contributed by atoms with E-state index in [1.54, 1.807) is 18.2 Å². The van der Waals surface area contributed by atoms with Crippen LogP contribution in [0, 0.1) is 0 Å². The predicted molar refractivity (Wildman–Crippen MR) is 83.8 cm³/mol. The fraction of sp³-hybridized carbons (Fsp3) is 0.533. The van der Waals surface area contributed by atoms with Gasteiger partial charge in [-0.2, -0.15) is 0 Å². The number of nitrogens with one attached hydrogen (secondary N) is 2. The van der Waals surface area contributed by atoms with E-state index >= 15 is 0 Å². The van der Waals surface area contributed by atoms with Crippen molar-refractivity contribution >= 4 is 11.8 Å². The summed E-state index contributed by atoms with van der Waals surface area (Å²) in [7, 11) is 3.95. The van der Waals surface area contributed by atoms with Crippen molar-refractivity contribution in [1.29, 1.82) is 0 Å². The molecule has 0 radical (unpaired) electrons.